The molecule has 0 amide bonds. The first-order chi connectivity index (χ1) is 12.7. The number of β-amino-alcohol motifs (C(OH)–C–C–N with tert-alkyl or cyclic N) is 1. The van der Waals surface area contributed by atoms with Crippen molar-refractivity contribution in [2.24, 2.45) is 0 Å². The number of likely N-dealkylation sites (N-methyl/N-ethyl adjacent to an activating group) is 1. The lowest BCUT2D eigenvalue weighted by atomic mass is 10.2. The van der Waals surface area contributed by atoms with Crippen LogP contribution in [0.1, 0.15) is 12.0 Å². The van der Waals surface area contributed by atoms with Crippen molar-refractivity contribution in [3.05, 3.63) is 29.8 Å². The van der Waals surface area contributed by atoms with Crippen molar-refractivity contribution in [3.8, 4) is 5.75 Å². The molecule has 26 heavy (non-hydrogen) atoms. The Kier molecular flexibility index (Phi) is 8.08. The van der Waals surface area contributed by atoms with Crippen LogP contribution in [-0.4, -0.2) is 96.9 Å². The van der Waals surface area contributed by atoms with E-state index >= 15 is 0 Å². The van der Waals surface area contributed by atoms with Crippen LogP contribution in [-0.2, 0) is 6.54 Å². The highest BCUT2D eigenvalue weighted by Crippen LogP contribution is 2.21. The minimum Gasteiger partial charge on any atom is -0.491 e. The Balaban J connectivity index is 1.50. The second-order valence-electron chi connectivity index (χ2n) is 7.42. The Morgan fingerprint density at radius 3 is 2.69 bits per heavy atom. The number of benzene rings is 1. The highest BCUT2D eigenvalue weighted by Gasteiger charge is 2.17. The fraction of sp³-hybridized carbons (Fsp3) is 0.700. The molecule has 2 aliphatic rings. The first-order valence-electron chi connectivity index (χ1n) is 9.80. The summed E-state index contributed by atoms with van der Waals surface area (Å²) < 4.78 is 6.02. The summed E-state index contributed by atoms with van der Waals surface area (Å²) in [7, 11) is 2.20. The van der Waals surface area contributed by atoms with Gasteiger partial charge < -0.3 is 14.7 Å². The molecule has 0 saturated carbocycles. The fourth-order valence-electron chi connectivity index (χ4n) is 3.59. The van der Waals surface area contributed by atoms with Crippen LogP contribution in [0, 0.1) is 0 Å². The van der Waals surface area contributed by atoms with Gasteiger partial charge in [0.25, 0.3) is 0 Å². The predicted molar refractivity (Wildman–Crippen MR) is 109 cm³/mol. The lowest BCUT2D eigenvalue weighted by Crippen LogP contribution is -2.40. The molecule has 0 radical (unpaired) electrons. The second-order valence-corrected chi connectivity index (χ2v) is 8.64. The van der Waals surface area contributed by atoms with Crippen molar-refractivity contribution in [2.45, 2.75) is 19.1 Å². The van der Waals surface area contributed by atoms with Gasteiger partial charge in [-0.1, -0.05) is 18.2 Å². The van der Waals surface area contributed by atoms with Crippen LogP contribution in [0.5, 0.6) is 5.75 Å². The lowest BCUT2D eigenvalue weighted by Gasteiger charge is -2.28. The van der Waals surface area contributed by atoms with Gasteiger partial charge in [-0.25, -0.2) is 0 Å². The summed E-state index contributed by atoms with van der Waals surface area (Å²) >= 11 is 1.99. The van der Waals surface area contributed by atoms with Gasteiger partial charge in [0.15, 0.2) is 0 Å². The summed E-state index contributed by atoms with van der Waals surface area (Å²) in [6, 6.07) is 8.28. The first-order valence-corrected chi connectivity index (χ1v) is 11.0. The SMILES string of the molecule is CN1CCCN(Cc2ccccc2OCC(O)CN2CCSCC2)CC1. The van der Waals surface area contributed by atoms with Gasteiger partial charge in [-0.3, -0.25) is 9.80 Å². The number of aliphatic hydroxyl groups excluding tert-OH is 1. The molecule has 146 valence electrons. The van der Waals surface area contributed by atoms with Crippen molar-refractivity contribution < 1.29 is 9.84 Å². The number of para-hydroxylation sites is 1. The molecule has 1 N–H and O–H groups in total. The molecule has 0 bridgehead atoms. The van der Waals surface area contributed by atoms with E-state index in [4.69, 9.17) is 4.74 Å². The summed E-state index contributed by atoms with van der Waals surface area (Å²) in [5.74, 6) is 3.25. The quantitative estimate of drug-likeness (QED) is 0.776. The zero-order chi connectivity index (χ0) is 18.2. The summed E-state index contributed by atoms with van der Waals surface area (Å²) in [6.45, 7) is 8.66. The van der Waals surface area contributed by atoms with Crippen LogP contribution >= 0.6 is 11.8 Å². The number of nitrogens with zero attached hydrogens (tertiary/aromatic N) is 3. The first kappa shape index (κ1) is 20.0. The van der Waals surface area contributed by atoms with E-state index in [1.165, 1.54) is 30.0 Å². The molecular weight excluding hydrogens is 346 g/mol. The van der Waals surface area contributed by atoms with Gasteiger partial charge in [-0.2, -0.15) is 11.8 Å². The molecule has 0 aliphatic carbocycles. The highest BCUT2D eigenvalue weighted by molar-refractivity contribution is 7.99. The van der Waals surface area contributed by atoms with E-state index in [1.807, 2.05) is 23.9 Å². The smallest absolute Gasteiger partial charge is 0.123 e. The van der Waals surface area contributed by atoms with Crippen molar-refractivity contribution in [2.75, 3.05) is 71.0 Å². The van der Waals surface area contributed by atoms with Gasteiger partial charge in [0.05, 0.1) is 0 Å². The number of ether oxygens (including phenoxy) is 1. The molecule has 1 atom stereocenters. The molecule has 3 rings (SSSR count). The lowest BCUT2D eigenvalue weighted by molar-refractivity contribution is 0.0708. The average Bonchev–Trinajstić information content (AvgIpc) is 2.86. The molecule has 2 saturated heterocycles. The van der Waals surface area contributed by atoms with E-state index in [9.17, 15) is 5.11 Å². The third kappa shape index (κ3) is 6.43. The molecule has 0 spiro atoms. The van der Waals surface area contributed by atoms with E-state index < -0.39 is 6.10 Å². The normalized spacial score (nSPS) is 22.1. The monoisotopic (exact) mass is 379 g/mol. The minimum atomic E-state index is -0.432. The maximum Gasteiger partial charge on any atom is 0.123 e. The number of rotatable bonds is 7. The van der Waals surface area contributed by atoms with Gasteiger partial charge in [0.1, 0.15) is 18.5 Å². The Morgan fingerprint density at radius 2 is 1.85 bits per heavy atom. The van der Waals surface area contributed by atoms with Crippen molar-refractivity contribution in [3.63, 3.8) is 0 Å². The van der Waals surface area contributed by atoms with Gasteiger partial charge in [0, 0.05) is 56.3 Å². The molecule has 1 unspecified atom stereocenters. The van der Waals surface area contributed by atoms with Gasteiger partial charge >= 0.3 is 0 Å². The molecular formula is C20H33N3O2S. The van der Waals surface area contributed by atoms with E-state index in [-0.39, 0.29) is 0 Å². The van der Waals surface area contributed by atoms with Crippen LogP contribution in [0.15, 0.2) is 24.3 Å². The standard InChI is InChI=1S/C20H33N3O2S/c1-21-7-4-8-22(10-9-21)15-18-5-2-3-6-20(18)25-17-19(24)16-23-11-13-26-14-12-23/h2-3,5-6,19,24H,4,7-17H2,1H3. The second kappa shape index (κ2) is 10.5. The third-order valence-electron chi connectivity index (χ3n) is 5.18. The molecule has 2 fully saturated rings. The van der Waals surface area contributed by atoms with Crippen LogP contribution in [0.2, 0.25) is 0 Å². The summed E-state index contributed by atoms with van der Waals surface area (Å²) in [6.07, 6.45) is 0.782. The molecule has 0 aromatic heterocycles. The average molecular weight is 380 g/mol. The van der Waals surface area contributed by atoms with E-state index in [0.717, 1.165) is 45.0 Å². The molecule has 6 heteroatoms. The number of hydrogen-bond acceptors (Lipinski definition) is 6. The predicted octanol–water partition coefficient (Wildman–Crippen LogP) is 1.61. The van der Waals surface area contributed by atoms with Crippen LogP contribution in [0.3, 0.4) is 0 Å². The zero-order valence-corrected chi connectivity index (χ0v) is 16.8. The number of thioether (sulfide) groups is 1. The van der Waals surface area contributed by atoms with E-state index in [1.54, 1.807) is 0 Å². The third-order valence-corrected chi connectivity index (χ3v) is 6.13. The minimum absolute atomic E-state index is 0.364. The Labute approximate surface area is 162 Å². The maximum atomic E-state index is 10.4. The fourth-order valence-corrected chi connectivity index (χ4v) is 4.57. The van der Waals surface area contributed by atoms with E-state index in [0.29, 0.717) is 13.2 Å². The zero-order valence-electron chi connectivity index (χ0n) is 16.0. The Hall–Kier alpha value is -0.790. The molecule has 2 aliphatic heterocycles. The van der Waals surface area contributed by atoms with E-state index in [2.05, 4.69) is 33.9 Å². The molecule has 2 heterocycles. The van der Waals surface area contributed by atoms with Crippen LogP contribution in [0.4, 0.5) is 0 Å². The molecule has 1 aromatic carbocycles. The maximum absolute atomic E-state index is 10.4. The largest absolute Gasteiger partial charge is 0.491 e. The van der Waals surface area contributed by atoms with Crippen molar-refractivity contribution in [1.82, 2.24) is 14.7 Å². The summed E-state index contributed by atoms with van der Waals surface area (Å²) in [5, 5.41) is 10.4. The number of aliphatic hydroxyl groups is 1. The summed E-state index contributed by atoms with van der Waals surface area (Å²) in [4.78, 5) is 7.25. The number of hydrogen-bond donors (Lipinski definition) is 1. The topological polar surface area (TPSA) is 39.2 Å². The summed E-state index contributed by atoms with van der Waals surface area (Å²) in [5.41, 5.74) is 1.22. The van der Waals surface area contributed by atoms with Crippen LogP contribution < -0.4 is 4.74 Å². The van der Waals surface area contributed by atoms with Gasteiger partial charge in [-0.05, 0) is 32.6 Å². The van der Waals surface area contributed by atoms with Gasteiger partial charge in [-0.15, -0.1) is 0 Å². The van der Waals surface area contributed by atoms with Crippen molar-refractivity contribution >= 4 is 11.8 Å². The van der Waals surface area contributed by atoms with Crippen LogP contribution in [0.25, 0.3) is 0 Å². The van der Waals surface area contributed by atoms with Gasteiger partial charge in [0.2, 0.25) is 0 Å². The molecule has 5 nitrogen and oxygen atoms in total. The highest BCUT2D eigenvalue weighted by atomic mass is 32.2. The van der Waals surface area contributed by atoms with Crippen molar-refractivity contribution in [1.29, 1.82) is 0 Å². The Morgan fingerprint density at radius 1 is 1.04 bits per heavy atom. The molecule has 1 aromatic rings. The Bertz CT molecular complexity index is 540.